The van der Waals surface area contributed by atoms with Gasteiger partial charge < -0.3 is 9.84 Å². The van der Waals surface area contributed by atoms with Crippen LogP contribution in [0, 0.1) is 10.1 Å². The molecule has 0 saturated heterocycles. The Bertz CT molecular complexity index is 971. The minimum atomic E-state index is -0.487. The first-order valence-electron chi connectivity index (χ1n) is 7.79. The number of thiol groups is 1. The van der Waals surface area contributed by atoms with Crippen molar-refractivity contribution in [1.29, 1.82) is 0 Å². The largest absolute Gasteiger partial charge is 0.506 e. The van der Waals surface area contributed by atoms with Gasteiger partial charge >= 0.3 is 0 Å². The van der Waals surface area contributed by atoms with Gasteiger partial charge in [-0.05, 0) is 29.8 Å². The summed E-state index contributed by atoms with van der Waals surface area (Å²) in [5.41, 5.74) is 2.15. The molecule has 2 aromatic carbocycles. The Morgan fingerprint density at radius 1 is 1.23 bits per heavy atom. The Balaban J connectivity index is 1.86. The van der Waals surface area contributed by atoms with E-state index in [2.05, 4.69) is 22.8 Å². The molecule has 0 spiro atoms. The van der Waals surface area contributed by atoms with Crippen molar-refractivity contribution in [2.45, 2.75) is 6.42 Å². The molecule has 1 heterocycles. The number of phenolic OH excluding ortho intramolecular Hbond substituents is 1. The predicted octanol–water partition coefficient (Wildman–Crippen LogP) is 3.04. The minimum Gasteiger partial charge on any atom is -0.506 e. The van der Waals surface area contributed by atoms with E-state index in [1.807, 2.05) is 0 Å². The normalized spacial score (nSPS) is 11.3. The second-order valence-corrected chi connectivity index (χ2v) is 5.78. The molecule has 8 nitrogen and oxygen atoms in total. The van der Waals surface area contributed by atoms with Crippen LogP contribution in [0.3, 0.4) is 0 Å². The first-order valence-corrected chi connectivity index (χ1v) is 8.43. The van der Waals surface area contributed by atoms with Crippen LogP contribution < -0.4 is 0 Å². The summed E-state index contributed by atoms with van der Waals surface area (Å²) in [6, 6.07) is 9.35. The Labute approximate surface area is 154 Å². The Morgan fingerprint density at radius 3 is 2.81 bits per heavy atom. The average Bonchev–Trinajstić information content (AvgIpc) is 3.05. The molecule has 0 aliphatic heterocycles. The average molecular weight is 372 g/mol. The maximum Gasteiger partial charge on any atom is 0.271 e. The van der Waals surface area contributed by atoms with E-state index in [0.29, 0.717) is 35.5 Å². The van der Waals surface area contributed by atoms with Gasteiger partial charge in [0.2, 0.25) is 0 Å². The number of hydrogen-bond donors (Lipinski definition) is 2. The number of aromatic hydroxyl groups is 1. The summed E-state index contributed by atoms with van der Waals surface area (Å²) in [6.45, 7) is 0.481. The smallest absolute Gasteiger partial charge is 0.271 e. The molecule has 0 bridgehead atoms. The number of phenols is 1. The Kier molecular flexibility index (Phi) is 5.37. The van der Waals surface area contributed by atoms with Crippen molar-refractivity contribution in [3.8, 4) is 11.4 Å². The van der Waals surface area contributed by atoms with Gasteiger partial charge in [0.25, 0.3) is 5.69 Å². The van der Waals surface area contributed by atoms with Gasteiger partial charge in [0.15, 0.2) is 0 Å². The van der Waals surface area contributed by atoms with Crippen molar-refractivity contribution in [1.82, 2.24) is 15.0 Å². The zero-order valence-electron chi connectivity index (χ0n) is 13.6. The van der Waals surface area contributed by atoms with Crippen molar-refractivity contribution in [2.75, 3.05) is 12.4 Å². The number of benzene rings is 2. The molecule has 26 heavy (non-hydrogen) atoms. The van der Waals surface area contributed by atoms with Crippen molar-refractivity contribution in [2.24, 2.45) is 0 Å². The monoisotopic (exact) mass is 372 g/mol. The maximum absolute atomic E-state index is 10.9. The quantitative estimate of drug-likeness (QED) is 0.217. The third kappa shape index (κ3) is 3.94. The number of fused-ring (bicyclic) bond motifs is 1. The Hall–Kier alpha value is -3.07. The predicted molar refractivity (Wildman–Crippen MR) is 99.8 cm³/mol. The summed E-state index contributed by atoms with van der Waals surface area (Å²) in [5, 5.41) is 29.5. The molecule has 0 saturated carbocycles. The summed E-state index contributed by atoms with van der Waals surface area (Å²) in [7, 11) is 0. The molecule has 0 amide bonds. The number of aromatic nitrogens is 3. The topological polar surface area (TPSA) is 103 Å². The number of nitro groups is 1. The number of rotatable bonds is 7. The second-order valence-electron chi connectivity index (χ2n) is 5.42. The molecule has 134 valence electrons. The van der Waals surface area contributed by atoms with E-state index in [-0.39, 0.29) is 11.4 Å². The summed E-state index contributed by atoms with van der Waals surface area (Å²) in [5.74, 6) is 0.625. The van der Waals surface area contributed by atoms with Gasteiger partial charge in [0.1, 0.15) is 22.5 Å². The van der Waals surface area contributed by atoms with Crippen LogP contribution in [-0.4, -0.2) is 37.4 Å². The SMILES string of the molecule is O=[N+]([O-])c1ccc2nn(-c3cc(CCOC=CCS)ccc3O)nc2c1. The summed E-state index contributed by atoms with van der Waals surface area (Å²) in [6.07, 6.45) is 4.03. The fraction of sp³-hybridized carbons (Fsp3) is 0.176. The molecule has 0 radical (unpaired) electrons. The molecule has 1 N–H and O–H groups in total. The molecule has 0 aliphatic rings. The highest BCUT2D eigenvalue weighted by Crippen LogP contribution is 2.24. The van der Waals surface area contributed by atoms with Crippen molar-refractivity contribution < 1.29 is 14.8 Å². The van der Waals surface area contributed by atoms with Crippen molar-refractivity contribution >= 4 is 29.3 Å². The number of hydrogen-bond acceptors (Lipinski definition) is 7. The van der Waals surface area contributed by atoms with E-state index in [1.54, 1.807) is 30.5 Å². The van der Waals surface area contributed by atoms with E-state index < -0.39 is 4.92 Å². The van der Waals surface area contributed by atoms with Crippen LogP contribution in [0.1, 0.15) is 5.56 Å². The zero-order chi connectivity index (χ0) is 18.5. The molecule has 0 atom stereocenters. The molecular formula is C17H16N4O4S. The van der Waals surface area contributed by atoms with Crippen LogP contribution in [0.15, 0.2) is 48.7 Å². The van der Waals surface area contributed by atoms with Crippen molar-refractivity contribution in [3.05, 3.63) is 64.4 Å². The molecule has 3 rings (SSSR count). The third-order valence-corrected chi connectivity index (χ3v) is 3.85. The van der Waals surface area contributed by atoms with Gasteiger partial charge in [0, 0.05) is 24.3 Å². The highest BCUT2D eigenvalue weighted by atomic mass is 32.1. The highest BCUT2D eigenvalue weighted by molar-refractivity contribution is 7.80. The van der Waals surface area contributed by atoms with Gasteiger partial charge in [-0.2, -0.15) is 12.6 Å². The van der Waals surface area contributed by atoms with Crippen LogP contribution >= 0.6 is 12.6 Å². The van der Waals surface area contributed by atoms with Crippen LogP contribution in [-0.2, 0) is 11.2 Å². The number of nitro benzene ring substituents is 1. The fourth-order valence-electron chi connectivity index (χ4n) is 2.36. The van der Waals surface area contributed by atoms with E-state index >= 15 is 0 Å². The summed E-state index contributed by atoms with van der Waals surface area (Å²) in [4.78, 5) is 11.7. The lowest BCUT2D eigenvalue weighted by molar-refractivity contribution is -0.384. The number of ether oxygens (including phenoxy) is 1. The molecule has 0 aliphatic carbocycles. The lowest BCUT2D eigenvalue weighted by atomic mass is 10.1. The molecule has 0 unspecified atom stereocenters. The lowest BCUT2D eigenvalue weighted by Crippen LogP contribution is -2.01. The molecular weight excluding hydrogens is 356 g/mol. The first kappa shape index (κ1) is 17.7. The minimum absolute atomic E-state index is 0.0134. The van der Waals surface area contributed by atoms with Crippen LogP contribution in [0.25, 0.3) is 16.7 Å². The summed E-state index contributed by atoms with van der Waals surface area (Å²) >= 11 is 4.05. The van der Waals surface area contributed by atoms with Crippen molar-refractivity contribution in [3.63, 3.8) is 0 Å². The van der Waals surface area contributed by atoms with Gasteiger partial charge in [-0.15, -0.1) is 15.0 Å². The van der Waals surface area contributed by atoms with Crippen LogP contribution in [0.4, 0.5) is 5.69 Å². The standard InChI is InChI=1S/C17H16N4O4S/c22-17-5-2-12(6-8-25-7-1-9-26)10-16(17)20-18-14-4-3-13(21(23)24)11-15(14)19-20/h1-5,7,10-11,22,26H,6,8-9H2. The molecule has 9 heteroatoms. The fourth-order valence-corrected chi connectivity index (χ4v) is 2.45. The van der Waals surface area contributed by atoms with E-state index in [1.165, 1.54) is 23.0 Å². The van der Waals surface area contributed by atoms with E-state index in [0.717, 1.165) is 5.56 Å². The zero-order valence-corrected chi connectivity index (χ0v) is 14.5. The third-order valence-electron chi connectivity index (χ3n) is 3.64. The van der Waals surface area contributed by atoms with Gasteiger partial charge in [-0.3, -0.25) is 10.1 Å². The van der Waals surface area contributed by atoms with Gasteiger partial charge in [-0.1, -0.05) is 6.07 Å². The number of nitrogens with zero attached hydrogens (tertiary/aromatic N) is 4. The molecule has 1 aromatic heterocycles. The number of non-ortho nitro benzene ring substituents is 1. The Morgan fingerprint density at radius 2 is 2.04 bits per heavy atom. The van der Waals surface area contributed by atoms with Gasteiger partial charge in [-0.25, -0.2) is 0 Å². The second kappa shape index (κ2) is 7.87. The van der Waals surface area contributed by atoms with Gasteiger partial charge in [0.05, 0.1) is 17.8 Å². The van der Waals surface area contributed by atoms with E-state index in [9.17, 15) is 15.2 Å². The first-order chi connectivity index (χ1) is 12.6. The van der Waals surface area contributed by atoms with Crippen LogP contribution in [0.5, 0.6) is 5.75 Å². The lowest BCUT2D eigenvalue weighted by Gasteiger charge is -2.07. The molecule has 0 fully saturated rings. The molecule has 3 aromatic rings. The van der Waals surface area contributed by atoms with E-state index in [4.69, 9.17) is 4.74 Å². The highest BCUT2D eigenvalue weighted by Gasteiger charge is 2.13. The summed E-state index contributed by atoms with van der Waals surface area (Å²) < 4.78 is 5.34. The maximum atomic E-state index is 10.9. The van der Waals surface area contributed by atoms with Crippen LogP contribution in [0.2, 0.25) is 0 Å².